The summed E-state index contributed by atoms with van der Waals surface area (Å²) in [4.78, 5) is 0. The average Bonchev–Trinajstić information content (AvgIpc) is 3.58. The SMILES string of the molecule is C.CC(C)(CO)CCC1(O)CCC2(CC1)OCCO2.CCC(C)(C)C#CC1(O)CCC2(CC1)OCCO2.CO. The molecule has 39 heavy (non-hydrogen) atoms. The van der Waals surface area contributed by atoms with Gasteiger partial charge in [-0.2, -0.15) is 0 Å². The van der Waals surface area contributed by atoms with Crippen molar-refractivity contribution in [3.8, 4) is 11.8 Å². The highest BCUT2D eigenvalue weighted by atomic mass is 16.7. The first-order valence-electron chi connectivity index (χ1n) is 14.4. The fraction of sp³-hybridized carbons (Fsp3) is 0.935. The summed E-state index contributed by atoms with van der Waals surface area (Å²) in [5.41, 5.74) is -1.59. The van der Waals surface area contributed by atoms with Crippen molar-refractivity contribution >= 4 is 0 Å². The van der Waals surface area contributed by atoms with E-state index in [0.29, 0.717) is 39.3 Å². The van der Waals surface area contributed by atoms with Crippen LogP contribution in [0.25, 0.3) is 0 Å². The minimum absolute atomic E-state index is 0. The second kappa shape index (κ2) is 14.9. The van der Waals surface area contributed by atoms with Crippen LogP contribution < -0.4 is 0 Å². The Kier molecular flexibility index (Phi) is 13.9. The van der Waals surface area contributed by atoms with Gasteiger partial charge in [0.25, 0.3) is 0 Å². The maximum absolute atomic E-state index is 10.6. The van der Waals surface area contributed by atoms with Gasteiger partial charge in [-0.25, -0.2) is 0 Å². The monoisotopic (exact) mass is 558 g/mol. The van der Waals surface area contributed by atoms with Gasteiger partial charge >= 0.3 is 0 Å². The van der Waals surface area contributed by atoms with Crippen LogP contribution in [0.15, 0.2) is 0 Å². The molecular formula is C31H58O8. The molecule has 8 nitrogen and oxygen atoms in total. The topological polar surface area (TPSA) is 118 Å². The minimum atomic E-state index is -0.854. The van der Waals surface area contributed by atoms with Gasteiger partial charge in [-0.15, -0.1) is 0 Å². The number of aliphatic hydroxyl groups is 4. The van der Waals surface area contributed by atoms with Crippen molar-refractivity contribution in [2.75, 3.05) is 40.1 Å². The molecular weight excluding hydrogens is 500 g/mol. The summed E-state index contributed by atoms with van der Waals surface area (Å²) in [6.07, 6.45) is 8.36. The summed E-state index contributed by atoms with van der Waals surface area (Å²) in [6, 6.07) is 0. The Hall–Kier alpha value is -0.760. The van der Waals surface area contributed by atoms with Gasteiger partial charge in [-0.05, 0) is 64.2 Å². The first-order valence-corrected chi connectivity index (χ1v) is 14.4. The van der Waals surface area contributed by atoms with E-state index in [2.05, 4.69) is 32.6 Å². The number of hydrogen-bond acceptors (Lipinski definition) is 8. The third-order valence-electron chi connectivity index (χ3n) is 8.62. The number of hydrogen-bond donors (Lipinski definition) is 4. The molecule has 0 radical (unpaired) electrons. The highest BCUT2D eigenvalue weighted by Crippen LogP contribution is 2.43. The quantitative estimate of drug-likeness (QED) is 0.363. The Bertz CT molecular complexity index is 749. The Morgan fingerprint density at radius 1 is 0.718 bits per heavy atom. The molecule has 0 unspecified atom stereocenters. The molecule has 230 valence electrons. The van der Waals surface area contributed by atoms with Crippen LogP contribution in [-0.4, -0.2) is 83.3 Å². The summed E-state index contributed by atoms with van der Waals surface area (Å²) in [7, 11) is 1.00. The molecule has 2 heterocycles. The van der Waals surface area contributed by atoms with E-state index in [1.165, 1.54) is 0 Å². The van der Waals surface area contributed by atoms with Gasteiger partial charge in [0.15, 0.2) is 11.6 Å². The molecule has 2 aliphatic carbocycles. The van der Waals surface area contributed by atoms with Crippen LogP contribution in [0.5, 0.6) is 0 Å². The molecule has 4 rings (SSSR count). The van der Waals surface area contributed by atoms with Crippen LogP contribution in [0.1, 0.15) is 113 Å². The lowest BCUT2D eigenvalue weighted by atomic mass is 9.75. The van der Waals surface area contributed by atoms with Crippen LogP contribution in [-0.2, 0) is 18.9 Å². The van der Waals surface area contributed by atoms with Crippen LogP contribution >= 0.6 is 0 Å². The lowest BCUT2D eigenvalue weighted by Crippen LogP contribution is -2.44. The zero-order valence-corrected chi connectivity index (χ0v) is 24.7. The summed E-state index contributed by atoms with van der Waals surface area (Å²) < 4.78 is 22.7. The normalized spacial score (nSPS) is 26.8. The van der Waals surface area contributed by atoms with Crippen LogP contribution in [0.2, 0.25) is 0 Å². The maximum atomic E-state index is 10.6. The first-order chi connectivity index (χ1) is 17.8. The summed E-state index contributed by atoms with van der Waals surface area (Å²) in [6.45, 7) is 13.3. The van der Waals surface area contributed by atoms with Gasteiger partial charge < -0.3 is 39.4 Å². The van der Waals surface area contributed by atoms with Crippen molar-refractivity contribution in [3.05, 3.63) is 0 Å². The van der Waals surface area contributed by atoms with Gasteiger partial charge in [0.1, 0.15) is 5.60 Å². The predicted molar refractivity (Wildman–Crippen MR) is 153 cm³/mol. The molecule has 4 aliphatic rings. The van der Waals surface area contributed by atoms with E-state index in [9.17, 15) is 15.3 Å². The van der Waals surface area contributed by atoms with Crippen molar-refractivity contribution in [1.29, 1.82) is 0 Å². The van der Waals surface area contributed by atoms with Gasteiger partial charge in [-0.1, -0.05) is 40.0 Å². The largest absolute Gasteiger partial charge is 0.400 e. The zero-order valence-electron chi connectivity index (χ0n) is 24.7. The second-order valence-electron chi connectivity index (χ2n) is 12.8. The van der Waals surface area contributed by atoms with Crippen molar-refractivity contribution in [3.63, 3.8) is 0 Å². The highest BCUT2D eigenvalue weighted by Gasteiger charge is 2.46. The molecule has 2 aliphatic heterocycles. The Labute approximate surface area is 237 Å². The zero-order chi connectivity index (χ0) is 28.6. The van der Waals surface area contributed by atoms with E-state index in [1.54, 1.807) is 0 Å². The molecule has 0 aromatic carbocycles. The predicted octanol–water partition coefficient (Wildman–Crippen LogP) is 4.55. The molecule has 0 aromatic heterocycles. The van der Waals surface area contributed by atoms with E-state index in [4.69, 9.17) is 24.1 Å². The standard InChI is InChI=1S/C15H24O3.C14H26O4.CH4O.CH4/c1-4-13(2,3)5-6-14(16)7-9-15(10-8-14)17-11-12-18-15;1-12(2,11-15)3-4-13(16)5-7-14(8-6-13)17-9-10-18-14;1-2;/h16H,4,7-12H2,1-3H3;15-16H,3-11H2,1-2H3;2H,1H3;1H4. The fourth-order valence-electron chi connectivity index (χ4n) is 5.11. The number of rotatable bonds is 5. The van der Waals surface area contributed by atoms with Gasteiger partial charge in [0.2, 0.25) is 0 Å². The smallest absolute Gasteiger partial charge is 0.168 e. The van der Waals surface area contributed by atoms with E-state index in [1.807, 2.05) is 13.8 Å². The molecule has 4 N–H and O–H groups in total. The van der Waals surface area contributed by atoms with Crippen LogP contribution in [0, 0.1) is 22.7 Å². The Balaban J connectivity index is 0.000000358. The summed E-state index contributed by atoms with van der Waals surface area (Å²) in [5.74, 6) is 5.48. The molecule has 2 saturated heterocycles. The van der Waals surface area contributed by atoms with Crippen LogP contribution in [0.3, 0.4) is 0 Å². The lowest BCUT2D eigenvalue weighted by Gasteiger charge is -2.41. The minimum Gasteiger partial charge on any atom is -0.400 e. The van der Waals surface area contributed by atoms with E-state index >= 15 is 0 Å². The van der Waals surface area contributed by atoms with E-state index in [-0.39, 0.29) is 24.9 Å². The molecule has 0 atom stereocenters. The third-order valence-corrected chi connectivity index (χ3v) is 8.62. The van der Waals surface area contributed by atoms with E-state index < -0.39 is 22.8 Å². The average molecular weight is 559 g/mol. The summed E-state index contributed by atoms with van der Waals surface area (Å²) >= 11 is 0. The third kappa shape index (κ3) is 10.9. The maximum Gasteiger partial charge on any atom is 0.168 e. The Morgan fingerprint density at radius 2 is 1.13 bits per heavy atom. The van der Waals surface area contributed by atoms with Gasteiger partial charge in [-0.3, -0.25) is 0 Å². The number of aliphatic hydroxyl groups excluding tert-OH is 2. The Morgan fingerprint density at radius 3 is 1.51 bits per heavy atom. The van der Waals surface area contributed by atoms with Crippen molar-refractivity contribution in [2.45, 2.75) is 135 Å². The number of ether oxygens (including phenoxy) is 4. The molecule has 0 amide bonds. The summed E-state index contributed by atoms with van der Waals surface area (Å²) in [5, 5.41) is 37.3. The second-order valence-corrected chi connectivity index (χ2v) is 12.8. The van der Waals surface area contributed by atoms with Gasteiger partial charge in [0.05, 0.1) is 32.0 Å². The van der Waals surface area contributed by atoms with Crippen molar-refractivity contribution < 1.29 is 39.4 Å². The van der Waals surface area contributed by atoms with Crippen LogP contribution in [0.4, 0.5) is 0 Å². The molecule has 2 saturated carbocycles. The highest BCUT2D eigenvalue weighted by molar-refractivity contribution is 5.19. The first kappa shape index (κ1) is 36.3. The lowest BCUT2D eigenvalue weighted by molar-refractivity contribution is -0.204. The molecule has 2 spiro atoms. The van der Waals surface area contributed by atoms with Gasteiger partial charge in [0, 0.05) is 44.8 Å². The molecule has 8 heteroatoms. The molecule has 0 aromatic rings. The molecule has 0 bridgehead atoms. The molecule has 4 fully saturated rings. The van der Waals surface area contributed by atoms with Crippen molar-refractivity contribution in [2.24, 2.45) is 10.8 Å². The fourth-order valence-corrected chi connectivity index (χ4v) is 5.11. The van der Waals surface area contributed by atoms with Crippen molar-refractivity contribution in [1.82, 2.24) is 0 Å². The van der Waals surface area contributed by atoms with E-state index in [0.717, 1.165) is 64.9 Å².